The van der Waals surface area contributed by atoms with Gasteiger partial charge in [-0.05, 0) is 36.4 Å². The molecule has 4 aromatic rings. The summed E-state index contributed by atoms with van der Waals surface area (Å²) >= 11 is 0. The molecular weight excluding hydrogens is 392 g/mol. The molecule has 2 aromatic carbocycles. The number of ether oxygens (including phenoxy) is 2. The molecule has 0 aliphatic rings. The van der Waals surface area contributed by atoms with Gasteiger partial charge in [-0.2, -0.15) is 0 Å². The second kappa shape index (κ2) is 7.34. The van der Waals surface area contributed by atoms with Crippen molar-refractivity contribution >= 4 is 37.9 Å². The van der Waals surface area contributed by atoms with Gasteiger partial charge in [0.05, 0.1) is 29.6 Å². The number of nitrogens with two attached hydrogens (primary N) is 1. The van der Waals surface area contributed by atoms with Gasteiger partial charge in [-0.25, -0.2) is 18.4 Å². The Balaban J connectivity index is 2.01. The summed E-state index contributed by atoms with van der Waals surface area (Å²) in [6, 6.07) is 13.4. The van der Waals surface area contributed by atoms with Crippen molar-refractivity contribution in [2.24, 2.45) is 0 Å². The normalized spacial score (nSPS) is 11.9. The summed E-state index contributed by atoms with van der Waals surface area (Å²) in [5, 5.41) is 0. The largest absolute Gasteiger partial charge is 0.497 e. The number of aromatic nitrogens is 3. The Morgan fingerprint density at radius 1 is 1.00 bits per heavy atom. The molecule has 0 fully saturated rings. The second-order valence-electron chi connectivity index (χ2n) is 6.42. The van der Waals surface area contributed by atoms with E-state index in [-0.39, 0.29) is 21.1 Å². The predicted octanol–water partition coefficient (Wildman–Crippen LogP) is 2.65. The zero-order valence-electron chi connectivity index (χ0n) is 16.0. The molecule has 0 saturated heterocycles. The van der Waals surface area contributed by atoms with Gasteiger partial charge in [0.2, 0.25) is 9.84 Å². The zero-order chi connectivity index (χ0) is 20.6. The third-order valence-electron chi connectivity index (χ3n) is 4.70. The van der Waals surface area contributed by atoms with Crippen LogP contribution in [0.2, 0.25) is 0 Å². The Hall–Kier alpha value is -3.17. The summed E-state index contributed by atoms with van der Waals surface area (Å²) in [4.78, 5) is 9.27. The second-order valence-corrected chi connectivity index (χ2v) is 8.31. The first kappa shape index (κ1) is 19.2. The van der Waals surface area contributed by atoms with Crippen LogP contribution in [0, 0.1) is 0 Å². The van der Waals surface area contributed by atoms with Gasteiger partial charge in [0.15, 0.2) is 5.65 Å². The molecule has 9 heteroatoms. The highest BCUT2D eigenvalue weighted by Gasteiger charge is 2.30. The predicted molar refractivity (Wildman–Crippen MR) is 110 cm³/mol. The molecule has 0 radical (unpaired) electrons. The van der Waals surface area contributed by atoms with Crippen molar-refractivity contribution in [3.63, 3.8) is 0 Å². The minimum absolute atomic E-state index is 0.0491. The van der Waals surface area contributed by atoms with Gasteiger partial charge in [0.1, 0.15) is 22.0 Å². The molecule has 8 nitrogen and oxygen atoms in total. The number of hydrogen-bond donors (Lipinski definition) is 1. The molecule has 0 aliphatic carbocycles. The van der Waals surface area contributed by atoms with Crippen molar-refractivity contribution in [3.8, 4) is 5.75 Å². The van der Waals surface area contributed by atoms with Crippen molar-refractivity contribution in [3.05, 3.63) is 48.5 Å². The van der Waals surface area contributed by atoms with Gasteiger partial charge in [-0.1, -0.05) is 12.1 Å². The molecule has 150 valence electrons. The van der Waals surface area contributed by atoms with Crippen LogP contribution in [-0.2, 0) is 21.1 Å². The van der Waals surface area contributed by atoms with Gasteiger partial charge in [0, 0.05) is 13.7 Å². The standard InChI is InChI=1S/C20H20N4O4S/c1-27-12-11-24-19(21)18(29(25,26)14-9-7-13(28-2)8-10-14)17-20(24)23-16-6-4-3-5-15(16)22-17/h3-10H,11-12,21H2,1-2H3. The number of anilines is 1. The Morgan fingerprint density at radius 2 is 1.66 bits per heavy atom. The maximum atomic E-state index is 13.5. The zero-order valence-corrected chi connectivity index (χ0v) is 16.8. The van der Waals surface area contributed by atoms with Crippen LogP contribution in [0.3, 0.4) is 0 Å². The van der Waals surface area contributed by atoms with Gasteiger partial charge >= 0.3 is 0 Å². The molecular formula is C20H20N4O4S. The lowest BCUT2D eigenvalue weighted by Gasteiger charge is -2.08. The van der Waals surface area contributed by atoms with E-state index in [4.69, 9.17) is 15.2 Å². The highest BCUT2D eigenvalue weighted by atomic mass is 32.2. The van der Waals surface area contributed by atoms with Gasteiger partial charge in [0.25, 0.3) is 0 Å². The minimum atomic E-state index is -3.94. The fourth-order valence-corrected chi connectivity index (χ4v) is 4.74. The molecule has 0 atom stereocenters. The lowest BCUT2D eigenvalue weighted by atomic mass is 10.3. The van der Waals surface area contributed by atoms with E-state index in [1.807, 2.05) is 18.2 Å². The van der Waals surface area contributed by atoms with Crippen molar-refractivity contribution in [1.82, 2.24) is 14.5 Å². The number of para-hydroxylation sites is 2. The average molecular weight is 412 g/mol. The third-order valence-corrected chi connectivity index (χ3v) is 6.54. The van der Waals surface area contributed by atoms with E-state index >= 15 is 0 Å². The van der Waals surface area contributed by atoms with Crippen LogP contribution in [0.15, 0.2) is 58.3 Å². The van der Waals surface area contributed by atoms with Crippen LogP contribution >= 0.6 is 0 Å². The van der Waals surface area contributed by atoms with Crippen molar-refractivity contribution in [2.45, 2.75) is 16.3 Å². The molecule has 4 rings (SSSR count). The van der Waals surface area contributed by atoms with Gasteiger partial charge in [-0.3, -0.25) is 0 Å². The summed E-state index contributed by atoms with van der Waals surface area (Å²) in [5.41, 5.74) is 8.22. The van der Waals surface area contributed by atoms with Gasteiger partial charge < -0.3 is 19.8 Å². The summed E-state index contributed by atoms with van der Waals surface area (Å²) in [6.45, 7) is 0.703. The average Bonchev–Trinajstić information content (AvgIpc) is 3.01. The lowest BCUT2D eigenvalue weighted by molar-refractivity contribution is 0.188. The van der Waals surface area contributed by atoms with E-state index < -0.39 is 9.84 Å². The number of methoxy groups -OCH3 is 2. The van der Waals surface area contributed by atoms with Crippen LogP contribution in [0.1, 0.15) is 0 Å². The van der Waals surface area contributed by atoms with E-state index in [0.29, 0.717) is 35.6 Å². The van der Waals surface area contributed by atoms with Crippen molar-refractivity contribution in [1.29, 1.82) is 0 Å². The van der Waals surface area contributed by atoms with Crippen LogP contribution in [0.4, 0.5) is 5.82 Å². The van der Waals surface area contributed by atoms with Crippen LogP contribution in [-0.4, -0.2) is 43.8 Å². The number of sulfone groups is 1. The first-order chi connectivity index (χ1) is 14.0. The third kappa shape index (κ3) is 3.18. The van der Waals surface area contributed by atoms with E-state index in [0.717, 1.165) is 0 Å². The topological polar surface area (TPSA) is 109 Å². The monoisotopic (exact) mass is 412 g/mol. The summed E-state index contributed by atoms with van der Waals surface area (Å²) in [7, 11) is -0.852. The maximum absolute atomic E-state index is 13.5. The lowest BCUT2D eigenvalue weighted by Crippen LogP contribution is -2.10. The molecule has 0 unspecified atom stereocenters. The summed E-state index contributed by atoms with van der Waals surface area (Å²) in [5.74, 6) is 0.647. The molecule has 2 N–H and O–H groups in total. The van der Waals surface area contributed by atoms with Crippen LogP contribution < -0.4 is 10.5 Å². The smallest absolute Gasteiger partial charge is 0.212 e. The van der Waals surface area contributed by atoms with Crippen molar-refractivity contribution in [2.75, 3.05) is 26.6 Å². The number of benzene rings is 2. The highest BCUT2D eigenvalue weighted by Crippen LogP contribution is 2.35. The molecule has 2 aromatic heterocycles. The van der Waals surface area contributed by atoms with E-state index in [1.54, 1.807) is 29.9 Å². The van der Waals surface area contributed by atoms with E-state index in [2.05, 4.69) is 9.97 Å². The molecule has 0 amide bonds. The molecule has 0 spiro atoms. The minimum Gasteiger partial charge on any atom is -0.497 e. The van der Waals surface area contributed by atoms with Gasteiger partial charge in [-0.15, -0.1) is 0 Å². The molecule has 0 saturated carbocycles. The Bertz CT molecular complexity index is 1300. The fraction of sp³-hybridized carbons (Fsp3) is 0.200. The number of fused-ring (bicyclic) bond motifs is 2. The Kier molecular flexibility index (Phi) is 4.85. The Labute approximate surface area is 167 Å². The summed E-state index contributed by atoms with van der Waals surface area (Å²) in [6.07, 6.45) is 0. The fourth-order valence-electron chi connectivity index (χ4n) is 3.24. The Morgan fingerprint density at radius 3 is 2.28 bits per heavy atom. The number of hydrogen-bond acceptors (Lipinski definition) is 7. The SMILES string of the molecule is COCCn1c(N)c(S(=O)(=O)c2ccc(OC)cc2)c2nc3ccccc3nc21. The molecule has 2 heterocycles. The summed E-state index contributed by atoms with van der Waals surface area (Å²) < 4.78 is 38.8. The number of rotatable bonds is 6. The van der Waals surface area contributed by atoms with Crippen molar-refractivity contribution < 1.29 is 17.9 Å². The molecule has 0 aliphatic heterocycles. The first-order valence-electron chi connectivity index (χ1n) is 8.90. The van der Waals surface area contributed by atoms with E-state index in [9.17, 15) is 8.42 Å². The highest BCUT2D eigenvalue weighted by molar-refractivity contribution is 7.92. The number of nitrogen functional groups attached to an aromatic ring is 1. The quantitative estimate of drug-likeness (QED) is 0.518. The first-order valence-corrected chi connectivity index (χ1v) is 10.4. The van der Waals surface area contributed by atoms with Crippen LogP contribution in [0.25, 0.3) is 22.2 Å². The molecule has 29 heavy (non-hydrogen) atoms. The van der Waals surface area contributed by atoms with E-state index in [1.165, 1.54) is 19.2 Å². The molecule has 0 bridgehead atoms. The maximum Gasteiger partial charge on any atom is 0.212 e. The van der Waals surface area contributed by atoms with Crippen LogP contribution in [0.5, 0.6) is 5.75 Å². The number of nitrogens with zero attached hydrogens (tertiary/aromatic N) is 3.